The molecule has 0 heterocycles. The number of hydrogen-bond donors (Lipinski definition) is 3. The molecule has 9 nitrogen and oxygen atoms in total. The average Bonchev–Trinajstić information content (AvgIpc) is 2.64. The van der Waals surface area contributed by atoms with E-state index < -0.39 is 16.1 Å². The molecule has 0 aliphatic heterocycles. The smallest absolute Gasteiger partial charge is 0.238 e. The number of hydrogen-bond acceptors (Lipinski definition) is 6. The molecule has 0 radical (unpaired) electrons. The molecule has 4 N–H and O–H groups in total. The molecule has 1 atom stereocenters. The van der Waals surface area contributed by atoms with E-state index in [0.717, 1.165) is 12.0 Å². The minimum absolute atomic E-state index is 0.0519. The van der Waals surface area contributed by atoms with Crippen LogP contribution in [0.2, 0.25) is 0 Å². The second-order valence-electron chi connectivity index (χ2n) is 6.52. The molecule has 1 rings (SSSR count). The molecule has 0 fully saturated rings. The predicted molar refractivity (Wildman–Crippen MR) is 106 cm³/mol. The standard InChI is InChI=1S/C18H30N4O5S/c1-14(22(2)13-17(23)20-10-4-12-27-3)18(24)21-11-9-15-5-7-16(8-6-15)28(19,25)26/h5-8,14H,4,9-13H2,1-3H3,(H,20,23)(H,21,24)(H2,19,25,26). The third-order valence-corrected chi connectivity index (χ3v) is 5.18. The summed E-state index contributed by atoms with van der Waals surface area (Å²) in [5.74, 6) is -0.330. The van der Waals surface area contributed by atoms with Gasteiger partial charge in [-0.3, -0.25) is 14.5 Å². The number of primary sulfonamides is 1. The van der Waals surface area contributed by atoms with Crippen molar-refractivity contribution in [3.63, 3.8) is 0 Å². The van der Waals surface area contributed by atoms with Crippen molar-refractivity contribution in [2.24, 2.45) is 5.14 Å². The Labute approximate surface area is 166 Å². The van der Waals surface area contributed by atoms with Gasteiger partial charge in [-0.15, -0.1) is 0 Å². The van der Waals surface area contributed by atoms with Crippen molar-refractivity contribution >= 4 is 21.8 Å². The maximum Gasteiger partial charge on any atom is 0.238 e. The van der Waals surface area contributed by atoms with Gasteiger partial charge in [0.25, 0.3) is 0 Å². The van der Waals surface area contributed by atoms with Crippen molar-refractivity contribution < 1.29 is 22.7 Å². The van der Waals surface area contributed by atoms with Crippen LogP contribution in [-0.4, -0.2) is 71.6 Å². The highest BCUT2D eigenvalue weighted by molar-refractivity contribution is 7.89. The number of nitrogens with one attached hydrogen (secondary N) is 2. The number of methoxy groups -OCH3 is 1. The maximum atomic E-state index is 12.2. The summed E-state index contributed by atoms with van der Waals surface area (Å²) in [5, 5.41) is 10.7. The van der Waals surface area contributed by atoms with Crippen LogP contribution in [0, 0.1) is 0 Å². The molecule has 0 aromatic heterocycles. The lowest BCUT2D eigenvalue weighted by atomic mass is 10.1. The molecule has 0 aliphatic carbocycles. The minimum Gasteiger partial charge on any atom is -0.385 e. The Hall–Kier alpha value is -2.01. The largest absolute Gasteiger partial charge is 0.385 e. The zero-order valence-corrected chi connectivity index (χ0v) is 17.4. The van der Waals surface area contributed by atoms with Crippen LogP contribution in [0.25, 0.3) is 0 Å². The van der Waals surface area contributed by atoms with E-state index in [9.17, 15) is 18.0 Å². The highest BCUT2D eigenvalue weighted by Crippen LogP contribution is 2.09. The van der Waals surface area contributed by atoms with Gasteiger partial charge in [0.1, 0.15) is 0 Å². The zero-order chi connectivity index (χ0) is 21.2. The van der Waals surface area contributed by atoms with Crippen molar-refractivity contribution in [3.05, 3.63) is 29.8 Å². The van der Waals surface area contributed by atoms with Crippen LogP contribution >= 0.6 is 0 Å². The number of amides is 2. The molecule has 0 spiro atoms. The van der Waals surface area contributed by atoms with E-state index in [1.54, 1.807) is 38.1 Å². The summed E-state index contributed by atoms with van der Waals surface area (Å²) in [5.41, 5.74) is 0.879. The summed E-state index contributed by atoms with van der Waals surface area (Å²) < 4.78 is 27.4. The molecule has 0 bridgehead atoms. The van der Waals surface area contributed by atoms with Crippen LogP contribution in [0.15, 0.2) is 29.2 Å². The molecule has 0 saturated carbocycles. The molecule has 28 heavy (non-hydrogen) atoms. The van der Waals surface area contributed by atoms with Gasteiger partial charge in [-0.05, 0) is 44.5 Å². The molecule has 0 saturated heterocycles. The molecular weight excluding hydrogens is 384 g/mol. The molecule has 1 unspecified atom stereocenters. The number of carbonyl (C=O) groups excluding carboxylic acids is 2. The summed E-state index contributed by atoms with van der Waals surface area (Å²) in [6.07, 6.45) is 1.28. The van der Waals surface area contributed by atoms with Gasteiger partial charge in [-0.25, -0.2) is 13.6 Å². The van der Waals surface area contributed by atoms with E-state index in [4.69, 9.17) is 9.88 Å². The SMILES string of the molecule is COCCCNC(=O)CN(C)C(C)C(=O)NCCc1ccc(S(N)(=O)=O)cc1. The van der Waals surface area contributed by atoms with Crippen LogP contribution < -0.4 is 15.8 Å². The number of nitrogens with zero attached hydrogens (tertiary/aromatic N) is 1. The van der Waals surface area contributed by atoms with E-state index in [0.29, 0.717) is 26.1 Å². The number of rotatable bonds is 12. The third-order valence-electron chi connectivity index (χ3n) is 4.25. The Morgan fingerprint density at radius 2 is 1.82 bits per heavy atom. The van der Waals surface area contributed by atoms with Gasteiger partial charge in [0.2, 0.25) is 21.8 Å². The summed E-state index contributed by atoms with van der Waals surface area (Å²) >= 11 is 0. The van der Waals surface area contributed by atoms with E-state index in [1.165, 1.54) is 12.1 Å². The first-order chi connectivity index (χ1) is 13.1. The third kappa shape index (κ3) is 8.79. The van der Waals surface area contributed by atoms with Crippen molar-refractivity contribution in [2.45, 2.75) is 30.7 Å². The molecule has 158 valence electrons. The zero-order valence-electron chi connectivity index (χ0n) is 16.6. The Morgan fingerprint density at radius 3 is 2.39 bits per heavy atom. The Bertz CT molecular complexity index is 737. The number of nitrogens with two attached hydrogens (primary N) is 1. The van der Waals surface area contributed by atoms with Gasteiger partial charge in [0, 0.05) is 26.8 Å². The van der Waals surface area contributed by atoms with Gasteiger partial charge in [0.15, 0.2) is 0 Å². The maximum absolute atomic E-state index is 12.2. The number of sulfonamides is 1. The second kappa shape index (κ2) is 11.7. The first kappa shape index (κ1) is 24.0. The van der Waals surface area contributed by atoms with Crippen LogP contribution in [0.5, 0.6) is 0 Å². The second-order valence-corrected chi connectivity index (χ2v) is 8.08. The number of benzene rings is 1. The lowest BCUT2D eigenvalue weighted by Gasteiger charge is -2.23. The molecule has 10 heteroatoms. The molecule has 1 aromatic carbocycles. The van der Waals surface area contributed by atoms with Gasteiger partial charge >= 0.3 is 0 Å². The van der Waals surface area contributed by atoms with Crippen molar-refractivity contribution in [1.29, 1.82) is 0 Å². The van der Waals surface area contributed by atoms with Crippen LogP contribution in [-0.2, 0) is 30.8 Å². The molecule has 1 aromatic rings. The van der Waals surface area contributed by atoms with E-state index in [-0.39, 0.29) is 23.3 Å². The van der Waals surface area contributed by atoms with Gasteiger partial charge < -0.3 is 15.4 Å². The Kier molecular flexibility index (Phi) is 10.1. The average molecular weight is 415 g/mol. The van der Waals surface area contributed by atoms with Crippen LogP contribution in [0.3, 0.4) is 0 Å². The predicted octanol–water partition coefficient (Wildman–Crippen LogP) is -0.534. The monoisotopic (exact) mass is 414 g/mol. The van der Waals surface area contributed by atoms with Crippen LogP contribution in [0.4, 0.5) is 0 Å². The fraction of sp³-hybridized carbons (Fsp3) is 0.556. The summed E-state index contributed by atoms with van der Waals surface area (Å²) in [7, 11) is -0.388. The highest BCUT2D eigenvalue weighted by atomic mass is 32.2. The summed E-state index contributed by atoms with van der Waals surface area (Å²) in [4.78, 5) is 25.8. The lowest BCUT2D eigenvalue weighted by molar-refractivity contribution is -0.127. The number of ether oxygens (including phenoxy) is 1. The van der Waals surface area contributed by atoms with E-state index in [1.807, 2.05) is 0 Å². The quantitative estimate of drug-likeness (QED) is 0.394. The van der Waals surface area contributed by atoms with E-state index in [2.05, 4.69) is 10.6 Å². The summed E-state index contributed by atoms with van der Waals surface area (Å²) in [6.45, 7) is 3.37. The van der Waals surface area contributed by atoms with Crippen molar-refractivity contribution in [1.82, 2.24) is 15.5 Å². The molecule has 2 amide bonds. The number of likely N-dealkylation sites (N-methyl/N-ethyl adjacent to an activating group) is 1. The minimum atomic E-state index is -3.71. The van der Waals surface area contributed by atoms with Crippen molar-refractivity contribution in [2.75, 3.05) is 40.4 Å². The Morgan fingerprint density at radius 1 is 1.18 bits per heavy atom. The lowest BCUT2D eigenvalue weighted by Crippen LogP contribution is -2.47. The number of carbonyl (C=O) groups is 2. The van der Waals surface area contributed by atoms with Crippen molar-refractivity contribution in [3.8, 4) is 0 Å². The first-order valence-electron chi connectivity index (χ1n) is 9.00. The van der Waals surface area contributed by atoms with Crippen LogP contribution in [0.1, 0.15) is 18.9 Å². The topological polar surface area (TPSA) is 131 Å². The van der Waals surface area contributed by atoms with Gasteiger partial charge in [-0.2, -0.15) is 0 Å². The fourth-order valence-electron chi connectivity index (χ4n) is 2.39. The first-order valence-corrected chi connectivity index (χ1v) is 10.5. The Balaban J connectivity index is 2.36. The normalized spacial score (nSPS) is 12.6. The van der Waals surface area contributed by atoms with Gasteiger partial charge in [0.05, 0.1) is 17.5 Å². The fourth-order valence-corrected chi connectivity index (χ4v) is 2.90. The highest BCUT2D eigenvalue weighted by Gasteiger charge is 2.19. The molecular formula is C18H30N4O5S. The van der Waals surface area contributed by atoms with E-state index >= 15 is 0 Å². The molecule has 0 aliphatic rings. The van der Waals surface area contributed by atoms with Gasteiger partial charge in [-0.1, -0.05) is 12.1 Å². The summed E-state index contributed by atoms with van der Waals surface area (Å²) in [6, 6.07) is 5.74.